The standard InChI is InChI=1S/C5H9N3O/c1-4(3-9)7-5(2)8-6/h3H,1,6H2,2H3,(H,7,8). The van der Waals surface area contributed by atoms with E-state index in [9.17, 15) is 4.79 Å². The molecular weight excluding hydrogens is 118 g/mol. The van der Waals surface area contributed by atoms with E-state index in [0.29, 0.717) is 12.1 Å². The molecule has 0 saturated heterocycles. The van der Waals surface area contributed by atoms with E-state index in [1.54, 1.807) is 6.92 Å². The molecule has 9 heavy (non-hydrogen) atoms. The number of hydrazone groups is 1. The molecule has 0 aliphatic carbocycles. The predicted octanol–water partition coefficient (Wildman–Crippen LogP) is -0.419. The Morgan fingerprint density at radius 1 is 1.89 bits per heavy atom. The van der Waals surface area contributed by atoms with Crippen LogP contribution in [0.4, 0.5) is 0 Å². The van der Waals surface area contributed by atoms with Crippen LogP contribution in [0.3, 0.4) is 0 Å². The quantitative estimate of drug-likeness (QED) is 0.132. The van der Waals surface area contributed by atoms with Crippen molar-refractivity contribution in [1.29, 1.82) is 0 Å². The molecule has 3 N–H and O–H groups in total. The molecular formula is C5H9N3O. The molecule has 0 atom stereocenters. The van der Waals surface area contributed by atoms with Crippen molar-refractivity contribution in [3.05, 3.63) is 12.3 Å². The first-order chi connectivity index (χ1) is 4.20. The van der Waals surface area contributed by atoms with Crippen LogP contribution in [-0.4, -0.2) is 12.1 Å². The van der Waals surface area contributed by atoms with Crippen molar-refractivity contribution in [3.8, 4) is 0 Å². The van der Waals surface area contributed by atoms with E-state index >= 15 is 0 Å². The van der Waals surface area contributed by atoms with Crippen molar-refractivity contribution in [2.75, 3.05) is 0 Å². The second-order valence-electron chi connectivity index (χ2n) is 1.48. The summed E-state index contributed by atoms with van der Waals surface area (Å²) in [5.74, 6) is 5.31. The second-order valence-corrected chi connectivity index (χ2v) is 1.48. The fourth-order valence-electron chi connectivity index (χ4n) is 0.294. The lowest BCUT2D eigenvalue weighted by molar-refractivity contribution is -0.105. The van der Waals surface area contributed by atoms with Gasteiger partial charge in [0.15, 0.2) is 6.29 Å². The maximum Gasteiger partial charge on any atom is 0.165 e. The fourth-order valence-corrected chi connectivity index (χ4v) is 0.294. The van der Waals surface area contributed by atoms with Crippen LogP contribution in [0.5, 0.6) is 0 Å². The maximum absolute atomic E-state index is 9.90. The number of carbonyl (C=O) groups excluding carboxylic acids is 1. The van der Waals surface area contributed by atoms with Crippen molar-refractivity contribution in [2.24, 2.45) is 10.9 Å². The molecule has 0 unspecified atom stereocenters. The van der Waals surface area contributed by atoms with E-state index in [4.69, 9.17) is 5.84 Å². The maximum atomic E-state index is 9.90. The number of hydrogen-bond acceptors (Lipinski definition) is 3. The Morgan fingerprint density at radius 3 is 2.78 bits per heavy atom. The molecule has 4 nitrogen and oxygen atoms in total. The number of rotatable bonds is 2. The molecule has 0 amide bonds. The molecule has 0 radical (unpaired) electrons. The number of aldehydes is 1. The smallest absolute Gasteiger partial charge is 0.165 e. The number of amidine groups is 1. The third kappa shape index (κ3) is 3.28. The summed E-state index contributed by atoms with van der Waals surface area (Å²) < 4.78 is 0. The van der Waals surface area contributed by atoms with Gasteiger partial charge in [-0.05, 0) is 6.92 Å². The summed E-state index contributed by atoms with van der Waals surface area (Å²) in [5, 5.41) is 5.80. The number of nitrogens with two attached hydrogens (primary N) is 1. The number of allylic oxidation sites excluding steroid dienone is 1. The highest BCUT2D eigenvalue weighted by Crippen LogP contribution is 1.75. The van der Waals surface area contributed by atoms with Gasteiger partial charge in [-0.3, -0.25) is 4.79 Å². The predicted molar refractivity (Wildman–Crippen MR) is 35.6 cm³/mol. The summed E-state index contributed by atoms with van der Waals surface area (Å²) in [6.07, 6.45) is 0.592. The molecule has 0 bridgehead atoms. The molecule has 0 heterocycles. The first kappa shape index (κ1) is 7.68. The van der Waals surface area contributed by atoms with Crippen LogP contribution in [-0.2, 0) is 4.79 Å². The number of hydrogen-bond donors (Lipinski definition) is 2. The summed E-state index contributed by atoms with van der Waals surface area (Å²) in [6.45, 7) is 4.98. The zero-order valence-corrected chi connectivity index (χ0v) is 5.22. The topological polar surface area (TPSA) is 67.5 Å². The first-order valence-corrected chi connectivity index (χ1v) is 2.36. The normalized spacial score (nSPS) is 10.6. The van der Waals surface area contributed by atoms with Gasteiger partial charge in [0.25, 0.3) is 0 Å². The Bertz CT molecular complexity index is 150. The lowest BCUT2D eigenvalue weighted by Crippen LogP contribution is -2.20. The Labute approximate surface area is 53.4 Å². The highest BCUT2D eigenvalue weighted by Gasteiger charge is 1.89. The van der Waals surface area contributed by atoms with Gasteiger partial charge in [-0.25, -0.2) is 0 Å². The van der Waals surface area contributed by atoms with Crippen LogP contribution >= 0.6 is 0 Å². The number of carbonyl (C=O) groups is 1. The van der Waals surface area contributed by atoms with Gasteiger partial charge in [0.05, 0.1) is 5.70 Å². The van der Waals surface area contributed by atoms with E-state index < -0.39 is 0 Å². The van der Waals surface area contributed by atoms with Gasteiger partial charge in [-0.1, -0.05) is 6.58 Å². The van der Waals surface area contributed by atoms with Crippen LogP contribution in [0.1, 0.15) is 6.92 Å². The zero-order chi connectivity index (χ0) is 7.28. The molecule has 50 valence electrons. The van der Waals surface area contributed by atoms with Crippen LogP contribution < -0.4 is 11.2 Å². The van der Waals surface area contributed by atoms with Gasteiger partial charge >= 0.3 is 0 Å². The van der Waals surface area contributed by atoms with Gasteiger partial charge in [-0.15, -0.1) is 0 Å². The second kappa shape index (κ2) is 3.65. The summed E-state index contributed by atoms with van der Waals surface area (Å²) in [4.78, 5) is 9.90. The summed E-state index contributed by atoms with van der Waals surface area (Å²) >= 11 is 0. The third-order valence-corrected chi connectivity index (χ3v) is 0.677. The van der Waals surface area contributed by atoms with Crippen molar-refractivity contribution in [1.82, 2.24) is 5.32 Å². The van der Waals surface area contributed by atoms with E-state index in [0.717, 1.165) is 0 Å². The minimum absolute atomic E-state index is 0.252. The van der Waals surface area contributed by atoms with E-state index in [2.05, 4.69) is 17.0 Å². The average Bonchev–Trinajstić information content (AvgIpc) is 1.87. The highest BCUT2D eigenvalue weighted by molar-refractivity contribution is 5.87. The van der Waals surface area contributed by atoms with Crippen molar-refractivity contribution < 1.29 is 4.79 Å². The molecule has 0 spiro atoms. The molecule has 0 rings (SSSR count). The monoisotopic (exact) mass is 127 g/mol. The van der Waals surface area contributed by atoms with Gasteiger partial charge in [0.1, 0.15) is 5.84 Å². The van der Waals surface area contributed by atoms with Crippen LogP contribution in [0, 0.1) is 0 Å². The first-order valence-electron chi connectivity index (χ1n) is 2.36. The zero-order valence-electron chi connectivity index (χ0n) is 5.22. The summed E-state index contributed by atoms with van der Waals surface area (Å²) in [6, 6.07) is 0. The third-order valence-electron chi connectivity index (χ3n) is 0.677. The van der Waals surface area contributed by atoms with Gasteiger partial charge in [0, 0.05) is 0 Å². The summed E-state index contributed by atoms with van der Waals surface area (Å²) in [5.41, 5.74) is 0.252. The lowest BCUT2D eigenvalue weighted by Gasteiger charge is -1.98. The van der Waals surface area contributed by atoms with Crippen LogP contribution in [0.25, 0.3) is 0 Å². The minimum atomic E-state index is 0.252. The largest absolute Gasteiger partial charge is 0.340 e. The molecule has 0 fully saturated rings. The minimum Gasteiger partial charge on any atom is -0.340 e. The molecule has 0 saturated carbocycles. The molecule has 0 aliphatic rings. The van der Waals surface area contributed by atoms with Crippen molar-refractivity contribution in [2.45, 2.75) is 6.92 Å². The molecule has 4 heteroatoms. The highest BCUT2D eigenvalue weighted by atomic mass is 16.1. The molecule has 0 aliphatic heterocycles. The van der Waals surface area contributed by atoms with Gasteiger partial charge < -0.3 is 11.2 Å². The lowest BCUT2D eigenvalue weighted by atomic mass is 10.5. The average molecular weight is 127 g/mol. The van der Waals surface area contributed by atoms with Crippen LogP contribution in [0.2, 0.25) is 0 Å². The SMILES string of the molecule is C=C(C=O)N/C(C)=N\N. The van der Waals surface area contributed by atoms with E-state index in [1.807, 2.05) is 0 Å². The number of nitrogens with zero attached hydrogens (tertiary/aromatic N) is 1. The fraction of sp³-hybridized carbons (Fsp3) is 0.200. The molecule has 0 aromatic heterocycles. The number of nitrogens with one attached hydrogen (secondary N) is 1. The van der Waals surface area contributed by atoms with Crippen molar-refractivity contribution in [3.63, 3.8) is 0 Å². The van der Waals surface area contributed by atoms with Gasteiger partial charge in [-0.2, -0.15) is 5.10 Å². The Kier molecular flexibility index (Phi) is 3.12. The van der Waals surface area contributed by atoms with Crippen molar-refractivity contribution >= 4 is 12.1 Å². The van der Waals surface area contributed by atoms with E-state index in [1.165, 1.54) is 0 Å². The molecule has 0 aromatic rings. The van der Waals surface area contributed by atoms with Crippen LogP contribution in [0.15, 0.2) is 17.4 Å². The Morgan fingerprint density at radius 2 is 2.44 bits per heavy atom. The Hall–Kier alpha value is -1.32. The van der Waals surface area contributed by atoms with E-state index in [-0.39, 0.29) is 5.70 Å². The Balaban J connectivity index is 3.74. The molecule has 0 aromatic carbocycles. The summed E-state index contributed by atoms with van der Waals surface area (Å²) in [7, 11) is 0. The van der Waals surface area contributed by atoms with Gasteiger partial charge in [0.2, 0.25) is 0 Å².